The number of hydrogen-bond acceptors (Lipinski definition) is 3. The first-order valence-electron chi connectivity index (χ1n) is 11.9. The van der Waals surface area contributed by atoms with Crippen LogP contribution in [0.25, 0.3) is 16.7 Å². The number of anilines is 2. The average Bonchev–Trinajstić information content (AvgIpc) is 3.17. The van der Waals surface area contributed by atoms with Crippen LogP contribution in [0.5, 0.6) is 0 Å². The highest BCUT2D eigenvalue weighted by Gasteiger charge is 2.16. The standard InChI is InChI=1S/C29H32N4/c1-20-8-15-26(16-9-20)31-29-32-27-18-25(21(2)30)14-17-28(27)33(29)19-22-10-12-24(13-11-22)23-6-4-3-5-7-23/h8-18,23H,2-7,19,30H2,1H3,(H,31,32). The number of aromatic nitrogens is 2. The van der Waals surface area contributed by atoms with Crippen LogP contribution >= 0.6 is 0 Å². The number of fused-ring (bicyclic) bond motifs is 1. The highest BCUT2D eigenvalue weighted by Crippen LogP contribution is 2.33. The van der Waals surface area contributed by atoms with E-state index < -0.39 is 0 Å². The molecule has 0 radical (unpaired) electrons. The van der Waals surface area contributed by atoms with Crippen LogP contribution in [0.4, 0.5) is 11.6 Å². The zero-order valence-electron chi connectivity index (χ0n) is 19.3. The van der Waals surface area contributed by atoms with Gasteiger partial charge in [-0.25, -0.2) is 4.98 Å². The van der Waals surface area contributed by atoms with Gasteiger partial charge in [0.05, 0.1) is 17.6 Å². The quantitative estimate of drug-likeness (QED) is 0.338. The molecular weight excluding hydrogens is 404 g/mol. The van der Waals surface area contributed by atoms with Crippen molar-refractivity contribution in [1.82, 2.24) is 9.55 Å². The Morgan fingerprint density at radius 1 is 1.00 bits per heavy atom. The lowest BCUT2D eigenvalue weighted by Crippen LogP contribution is -2.07. The minimum absolute atomic E-state index is 0.554. The van der Waals surface area contributed by atoms with Gasteiger partial charge in [-0.15, -0.1) is 0 Å². The van der Waals surface area contributed by atoms with Crippen molar-refractivity contribution in [3.05, 3.63) is 95.6 Å². The molecule has 4 aromatic rings. The summed E-state index contributed by atoms with van der Waals surface area (Å²) < 4.78 is 2.24. The number of nitrogens with zero attached hydrogens (tertiary/aromatic N) is 2. The molecule has 0 atom stereocenters. The van der Waals surface area contributed by atoms with Gasteiger partial charge >= 0.3 is 0 Å². The summed E-state index contributed by atoms with van der Waals surface area (Å²) in [5, 5.41) is 3.52. The Balaban J connectivity index is 1.48. The lowest BCUT2D eigenvalue weighted by molar-refractivity contribution is 0.443. The largest absolute Gasteiger partial charge is 0.399 e. The average molecular weight is 437 g/mol. The van der Waals surface area contributed by atoms with Crippen molar-refractivity contribution in [3.8, 4) is 0 Å². The predicted octanol–water partition coefficient (Wildman–Crippen LogP) is 7.11. The number of nitrogens with one attached hydrogen (secondary N) is 1. The smallest absolute Gasteiger partial charge is 0.208 e. The van der Waals surface area contributed by atoms with Crippen molar-refractivity contribution in [1.29, 1.82) is 0 Å². The van der Waals surface area contributed by atoms with Crippen LogP contribution in [0.2, 0.25) is 0 Å². The molecule has 0 saturated heterocycles. The molecule has 0 spiro atoms. The molecule has 33 heavy (non-hydrogen) atoms. The minimum Gasteiger partial charge on any atom is -0.399 e. The van der Waals surface area contributed by atoms with Gasteiger partial charge in [0.25, 0.3) is 0 Å². The Morgan fingerprint density at radius 3 is 2.42 bits per heavy atom. The van der Waals surface area contributed by atoms with E-state index in [-0.39, 0.29) is 0 Å². The van der Waals surface area contributed by atoms with E-state index in [0.29, 0.717) is 5.70 Å². The molecule has 4 nitrogen and oxygen atoms in total. The van der Waals surface area contributed by atoms with Crippen LogP contribution in [0.3, 0.4) is 0 Å². The summed E-state index contributed by atoms with van der Waals surface area (Å²) in [4.78, 5) is 4.92. The van der Waals surface area contributed by atoms with Crippen molar-refractivity contribution < 1.29 is 0 Å². The highest BCUT2D eigenvalue weighted by atomic mass is 15.2. The third-order valence-corrected chi connectivity index (χ3v) is 6.82. The number of nitrogens with two attached hydrogens (primary N) is 1. The van der Waals surface area contributed by atoms with Gasteiger partial charge in [0.1, 0.15) is 0 Å². The second kappa shape index (κ2) is 9.14. The summed E-state index contributed by atoms with van der Waals surface area (Å²) in [6.07, 6.45) is 6.76. The summed E-state index contributed by atoms with van der Waals surface area (Å²) in [6, 6.07) is 23.7. The number of imidazole rings is 1. The van der Waals surface area contributed by atoms with E-state index in [1.54, 1.807) is 0 Å². The second-order valence-electron chi connectivity index (χ2n) is 9.32. The van der Waals surface area contributed by atoms with Gasteiger partial charge in [-0.3, -0.25) is 0 Å². The van der Waals surface area contributed by atoms with Crippen LogP contribution < -0.4 is 11.1 Å². The van der Waals surface area contributed by atoms with Crippen molar-refractivity contribution >= 4 is 28.4 Å². The maximum absolute atomic E-state index is 5.94. The van der Waals surface area contributed by atoms with Crippen molar-refractivity contribution in [3.63, 3.8) is 0 Å². The van der Waals surface area contributed by atoms with E-state index in [2.05, 4.69) is 78.0 Å². The third kappa shape index (κ3) is 4.65. The first-order chi connectivity index (χ1) is 16.1. The maximum Gasteiger partial charge on any atom is 0.208 e. The zero-order valence-corrected chi connectivity index (χ0v) is 19.3. The molecule has 0 amide bonds. The molecule has 5 rings (SSSR count). The van der Waals surface area contributed by atoms with E-state index in [0.717, 1.165) is 40.7 Å². The van der Waals surface area contributed by atoms with Gasteiger partial charge in [-0.2, -0.15) is 0 Å². The number of aryl methyl sites for hydroxylation is 1. The predicted molar refractivity (Wildman–Crippen MR) is 139 cm³/mol. The lowest BCUT2D eigenvalue weighted by Gasteiger charge is -2.22. The van der Waals surface area contributed by atoms with Crippen LogP contribution in [0.15, 0.2) is 73.3 Å². The van der Waals surface area contributed by atoms with E-state index in [9.17, 15) is 0 Å². The Labute approximate surface area is 196 Å². The molecule has 4 heteroatoms. The molecule has 3 N–H and O–H groups in total. The molecule has 1 heterocycles. The highest BCUT2D eigenvalue weighted by molar-refractivity contribution is 5.83. The Bertz CT molecular complexity index is 1260. The Morgan fingerprint density at radius 2 is 1.73 bits per heavy atom. The van der Waals surface area contributed by atoms with Gasteiger partial charge in [0.2, 0.25) is 5.95 Å². The first kappa shape index (κ1) is 21.3. The number of rotatable bonds is 6. The van der Waals surface area contributed by atoms with Crippen LogP contribution in [0, 0.1) is 6.92 Å². The number of hydrogen-bond donors (Lipinski definition) is 2. The SMILES string of the molecule is C=C(N)c1ccc2c(c1)nc(Nc1ccc(C)cc1)n2Cc1ccc(C2CCCCC2)cc1. The monoisotopic (exact) mass is 436 g/mol. The molecule has 1 aliphatic rings. The van der Waals surface area contributed by atoms with Crippen LogP contribution in [-0.4, -0.2) is 9.55 Å². The van der Waals surface area contributed by atoms with Gasteiger partial charge < -0.3 is 15.6 Å². The summed E-state index contributed by atoms with van der Waals surface area (Å²) in [7, 11) is 0. The summed E-state index contributed by atoms with van der Waals surface area (Å²) in [6.45, 7) is 6.72. The molecule has 3 aromatic carbocycles. The summed E-state index contributed by atoms with van der Waals surface area (Å²) >= 11 is 0. The van der Waals surface area contributed by atoms with Crippen molar-refractivity contribution in [2.45, 2.75) is 51.5 Å². The molecule has 1 aromatic heterocycles. The molecule has 0 aliphatic heterocycles. The molecule has 1 aliphatic carbocycles. The van der Waals surface area contributed by atoms with Crippen LogP contribution in [0.1, 0.15) is 60.3 Å². The summed E-state index contributed by atoms with van der Waals surface area (Å²) in [5.41, 5.74) is 14.4. The molecular formula is C29H32N4. The van der Waals surface area contributed by atoms with Gasteiger partial charge in [-0.05, 0) is 66.6 Å². The van der Waals surface area contributed by atoms with Gasteiger partial charge in [0, 0.05) is 11.4 Å². The topological polar surface area (TPSA) is 55.9 Å². The fourth-order valence-electron chi connectivity index (χ4n) is 4.86. The minimum atomic E-state index is 0.554. The molecule has 1 fully saturated rings. The van der Waals surface area contributed by atoms with Crippen molar-refractivity contribution in [2.24, 2.45) is 5.73 Å². The zero-order chi connectivity index (χ0) is 22.8. The first-order valence-corrected chi connectivity index (χ1v) is 11.9. The second-order valence-corrected chi connectivity index (χ2v) is 9.32. The van der Waals surface area contributed by atoms with Crippen molar-refractivity contribution in [2.75, 3.05) is 5.32 Å². The van der Waals surface area contributed by atoms with E-state index >= 15 is 0 Å². The maximum atomic E-state index is 5.94. The summed E-state index contributed by atoms with van der Waals surface area (Å²) in [5.74, 6) is 1.55. The number of benzene rings is 3. The van der Waals surface area contributed by atoms with Gasteiger partial charge in [0.15, 0.2) is 0 Å². The molecule has 1 saturated carbocycles. The van der Waals surface area contributed by atoms with Crippen LogP contribution in [-0.2, 0) is 6.54 Å². The van der Waals surface area contributed by atoms with E-state index in [4.69, 9.17) is 10.7 Å². The molecule has 0 unspecified atom stereocenters. The Hall–Kier alpha value is -3.53. The Kier molecular flexibility index (Phi) is 5.91. The molecule has 0 bridgehead atoms. The van der Waals surface area contributed by atoms with E-state index in [1.807, 2.05) is 12.1 Å². The normalized spacial score (nSPS) is 14.5. The fourth-order valence-corrected chi connectivity index (χ4v) is 4.86. The van der Waals surface area contributed by atoms with Gasteiger partial charge in [-0.1, -0.05) is 73.9 Å². The van der Waals surface area contributed by atoms with E-state index in [1.165, 1.54) is 48.8 Å². The third-order valence-electron chi connectivity index (χ3n) is 6.82. The fraction of sp³-hybridized carbons (Fsp3) is 0.276. The molecule has 168 valence electrons. The lowest BCUT2D eigenvalue weighted by atomic mass is 9.84.